The molecule has 1 amide bonds. The Hall–Kier alpha value is -0.730. The van der Waals surface area contributed by atoms with E-state index in [1.54, 1.807) is 0 Å². The lowest BCUT2D eigenvalue weighted by molar-refractivity contribution is -0.235. The van der Waals surface area contributed by atoms with Crippen molar-refractivity contribution in [3.63, 3.8) is 0 Å². The van der Waals surface area contributed by atoms with Crippen molar-refractivity contribution >= 4 is 5.91 Å². The van der Waals surface area contributed by atoms with E-state index in [0.29, 0.717) is 6.42 Å². The molecule has 5 N–H and O–H groups in total. The molecule has 0 radical (unpaired) electrons. The third-order valence-electron chi connectivity index (χ3n) is 2.67. The zero-order valence-electron chi connectivity index (χ0n) is 9.61. The summed E-state index contributed by atoms with van der Waals surface area (Å²) >= 11 is 0. The average Bonchev–Trinajstić information content (AvgIpc) is 2.30. The van der Waals surface area contributed by atoms with Crippen molar-refractivity contribution in [2.45, 2.75) is 50.4 Å². The number of hydrogen-bond donors (Lipinski definition) is 5. The van der Waals surface area contributed by atoms with E-state index in [2.05, 4.69) is 5.32 Å². The molecule has 7 heteroatoms. The van der Waals surface area contributed by atoms with Crippen molar-refractivity contribution in [1.29, 1.82) is 0 Å². The maximum atomic E-state index is 11.3. The Balaban J connectivity index is 2.62. The predicted molar refractivity (Wildman–Crippen MR) is 56.8 cm³/mol. The monoisotopic (exact) mass is 249 g/mol. The zero-order chi connectivity index (χ0) is 13.0. The second kappa shape index (κ2) is 6.27. The summed E-state index contributed by atoms with van der Waals surface area (Å²) in [5.41, 5.74) is 0. The molecule has 100 valence electrons. The van der Waals surface area contributed by atoms with Crippen LogP contribution in [0.1, 0.15) is 19.8 Å². The smallest absolute Gasteiger partial charge is 0.222 e. The SMILES string of the molecule is CCCC(=O)N[C@@H]1O[C@@H](CO)[C@@H](O)[C@@H](O)[C@@H]1O. The number of aliphatic hydroxyl groups excluding tert-OH is 4. The Morgan fingerprint density at radius 1 is 1.24 bits per heavy atom. The van der Waals surface area contributed by atoms with E-state index in [1.165, 1.54) is 0 Å². The molecule has 1 fully saturated rings. The molecule has 0 unspecified atom stereocenters. The lowest BCUT2D eigenvalue weighted by Crippen LogP contribution is -2.63. The molecule has 7 nitrogen and oxygen atoms in total. The second-order valence-corrected chi connectivity index (χ2v) is 4.07. The minimum Gasteiger partial charge on any atom is -0.394 e. The van der Waals surface area contributed by atoms with Gasteiger partial charge in [0.2, 0.25) is 5.91 Å². The topological polar surface area (TPSA) is 119 Å². The van der Waals surface area contributed by atoms with E-state index in [4.69, 9.17) is 9.84 Å². The van der Waals surface area contributed by atoms with Crippen LogP contribution in [0, 0.1) is 0 Å². The van der Waals surface area contributed by atoms with E-state index in [1.807, 2.05) is 6.92 Å². The van der Waals surface area contributed by atoms with Gasteiger partial charge in [-0.3, -0.25) is 4.79 Å². The van der Waals surface area contributed by atoms with Gasteiger partial charge in [-0.2, -0.15) is 0 Å². The van der Waals surface area contributed by atoms with Crippen LogP contribution < -0.4 is 5.32 Å². The first kappa shape index (κ1) is 14.3. The molecule has 0 aliphatic carbocycles. The standard InChI is InChI=1S/C10H19NO6/c1-2-3-6(13)11-10-9(16)8(15)7(14)5(4-12)17-10/h5,7-10,12,14-16H,2-4H2,1H3,(H,11,13)/t5-,7+,8+,9-,10+/m0/s1. The molecule has 1 rings (SSSR count). The van der Waals surface area contributed by atoms with Gasteiger partial charge in [-0.15, -0.1) is 0 Å². The van der Waals surface area contributed by atoms with Gasteiger partial charge in [0, 0.05) is 6.42 Å². The van der Waals surface area contributed by atoms with Gasteiger partial charge in [-0.25, -0.2) is 0 Å². The molecule has 0 saturated carbocycles. The van der Waals surface area contributed by atoms with Crippen LogP contribution in [0.4, 0.5) is 0 Å². The highest BCUT2D eigenvalue weighted by Crippen LogP contribution is 2.19. The lowest BCUT2D eigenvalue weighted by Gasteiger charge is -2.40. The third-order valence-corrected chi connectivity index (χ3v) is 2.67. The van der Waals surface area contributed by atoms with E-state index in [9.17, 15) is 20.1 Å². The Kier molecular flexibility index (Phi) is 5.29. The van der Waals surface area contributed by atoms with Crippen LogP contribution in [0.15, 0.2) is 0 Å². The molecule has 1 aliphatic heterocycles. The molecule has 1 heterocycles. The molecule has 0 bridgehead atoms. The van der Waals surface area contributed by atoms with Gasteiger partial charge in [-0.1, -0.05) is 6.92 Å². The summed E-state index contributed by atoms with van der Waals surface area (Å²) < 4.78 is 5.11. The lowest BCUT2D eigenvalue weighted by atomic mass is 9.98. The van der Waals surface area contributed by atoms with Crippen LogP contribution >= 0.6 is 0 Å². The second-order valence-electron chi connectivity index (χ2n) is 4.07. The quantitative estimate of drug-likeness (QED) is 0.382. The van der Waals surface area contributed by atoms with Crippen molar-refractivity contribution < 1.29 is 30.0 Å². The normalized spacial score (nSPS) is 37.8. The number of carbonyl (C=O) groups is 1. The first-order valence-corrected chi connectivity index (χ1v) is 5.61. The molecule has 0 aromatic heterocycles. The largest absolute Gasteiger partial charge is 0.394 e. The summed E-state index contributed by atoms with van der Waals surface area (Å²) in [7, 11) is 0. The Morgan fingerprint density at radius 3 is 2.41 bits per heavy atom. The highest BCUT2D eigenvalue weighted by atomic mass is 16.6. The maximum absolute atomic E-state index is 11.3. The molecule has 0 aromatic carbocycles. The molecular weight excluding hydrogens is 230 g/mol. The van der Waals surface area contributed by atoms with Crippen molar-refractivity contribution in [2.75, 3.05) is 6.61 Å². The summed E-state index contributed by atoms with van der Waals surface area (Å²) in [6.07, 6.45) is -5.50. The molecule has 17 heavy (non-hydrogen) atoms. The fraction of sp³-hybridized carbons (Fsp3) is 0.900. The van der Waals surface area contributed by atoms with Crippen molar-refractivity contribution in [3.05, 3.63) is 0 Å². The number of carbonyl (C=O) groups excluding carboxylic acids is 1. The average molecular weight is 249 g/mol. The van der Waals surface area contributed by atoms with Crippen molar-refractivity contribution in [1.82, 2.24) is 5.32 Å². The third kappa shape index (κ3) is 3.36. The molecule has 0 aromatic rings. The van der Waals surface area contributed by atoms with Gasteiger partial charge < -0.3 is 30.5 Å². The highest BCUT2D eigenvalue weighted by molar-refractivity contribution is 5.76. The van der Waals surface area contributed by atoms with Gasteiger partial charge in [0.25, 0.3) is 0 Å². The van der Waals surface area contributed by atoms with Crippen LogP contribution in [0.2, 0.25) is 0 Å². The number of ether oxygens (including phenoxy) is 1. The van der Waals surface area contributed by atoms with Gasteiger partial charge in [0.05, 0.1) is 6.61 Å². The maximum Gasteiger partial charge on any atom is 0.222 e. The van der Waals surface area contributed by atoms with Gasteiger partial charge in [0.15, 0.2) is 6.23 Å². The summed E-state index contributed by atoms with van der Waals surface area (Å²) in [5.74, 6) is -0.322. The van der Waals surface area contributed by atoms with Crippen LogP contribution in [-0.2, 0) is 9.53 Å². The Labute approximate surface area is 99.0 Å². The number of nitrogens with one attached hydrogen (secondary N) is 1. The predicted octanol–water partition coefficient (Wildman–Crippen LogP) is -2.30. The highest BCUT2D eigenvalue weighted by Gasteiger charge is 2.43. The summed E-state index contributed by atoms with van der Waals surface area (Å²) in [6.45, 7) is 1.32. The van der Waals surface area contributed by atoms with Gasteiger partial charge in [-0.05, 0) is 6.42 Å². The number of aliphatic hydroxyl groups is 4. The van der Waals surface area contributed by atoms with Crippen LogP contribution in [0.25, 0.3) is 0 Å². The fourth-order valence-electron chi connectivity index (χ4n) is 1.68. The van der Waals surface area contributed by atoms with Crippen LogP contribution in [0.3, 0.4) is 0 Å². The number of amides is 1. The Bertz CT molecular complexity index is 259. The van der Waals surface area contributed by atoms with E-state index in [0.717, 1.165) is 0 Å². The molecule has 1 aliphatic rings. The van der Waals surface area contributed by atoms with Crippen molar-refractivity contribution in [2.24, 2.45) is 0 Å². The number of hydrogen-bond acceptors (Lipinski definition) is 6. The van der Waals surface area contributed by atoms with Gasteiger partial charge in [0.1, 0.15) is 24.4 Å². The van der Waals surface area contributed by atoms with E-state index < -0.39 is 37.3 Å². The first-order chi connectivity index (χ1) is 8.01. The Morgan fingerprint density at radius 2 is 1.88 bits per heavy atom. The molecule has 5 atom stereocenters. The zero-order valence-corrected chi connectivity index (χ0v) is 9.61. The summed E-state index contributed by atoms with van der Waals surface area (Å²) in [4.78, 5) is 11.3. The minimum absolute atomic E-state index is 0.273. The van der Waals surface area contributed by atoms with Gasteiger partial charge >= 0.3 is 0 Å². The first-order valence-electron chi connectivity index (χ1n) is 5.61. The van der Waals surface area contributed by atoms with E-state index in [-0.39, 0.29) is 12.3 Å². The number of rotatable bonds is 4. The van der Waals surface area contributed by atoms with E-state index >= 15 is 0 Å². The fourth-order valence-corrected chi connectivity index (χ4v) is 1.68. The minimum atomic E-state index is -1.46. The summed E-state index contributed by atoms with van der Waals surface area (Å²) in [5, 5.41) is 39.9. The molecular formula is C10H19NO6. The molecule has 1 saturated heterocycles. The van der Waals surface area contributed by atoms with Crippen LogP contribution in [0.5, 0.6) is 0 Å². The molecule has 0 spiro atoms. The van der Waals surface area contributed by atoms with Crippen molar-refractivity contribution in [3.8, 4) is 0 Å². The summed E-state index contributed by atoms with van der Waals surface area (Å²) in [6, 6.07) is 0. The van der Waals surface area contributed by atoms with Crippen LogP contribution in [-0.4, -0.2) is 63.6 Å².